The van der Waals surface area contributed by atoms with Crippen LogP contribution in [0.2, 0.25) is 0 Å². The van der Waals surface area contributed by atoms with Crippen LogP contribution in [0.1, 0.15) is 0 Å². The van der Waals surface area contributed by atoms with Crippen LogP contribution in [0.15, 0.2) is 21.8 Å². The van der Waals surface area contributed by atoms with E-state index >= 15 is 0 Å². The van der Waals surface area contributed by atoms with Gasteiger partial charge in [0.2, 0.25) is 5.52 Å². The number of benzene rings is 1. The van der Waals surface area contributed by atoms with E-state index in [1.54, 1.807) is 12.4 Å². The van der Waals surface area contributed by atoms with Crippen LogP contribution in [0.5, 0.6) is 0 Å². The van der Waals surface area contributed by atoms with E-state index in [1.807, 2.05) is 0 Å². The third kappa shape index (κ3) is 2.45. The Morgan fingerprint density at radius 3 is 2.95 bits per heavy atom. The molecule has 2 rings (SSSR count). The van der Waals surface area contributed by atoms with E-state index in [2.05, 4.69) is 25.3 Å². The first-order valence-electron chi connectivity index (χ1n) is 4.84. The van der Waals surface area contributed by atoms with E-state index in [1.165, 1.54) is 23.9 Å². The lowest BCUT2D eigenvalue weighted by Gasteiger charge is -1.99. The van der Waals surface area contributed by atoms with Crippen molar-refractivity contribution in [2.75, 3.05) is 6.26 Å². The summed E-state index contributed by atoms with van der Waals surface area (Å²) in [6.45, 7) is 0. The number of hydrogen-bond acceptors (Lipinski definition) is 8. The lowest BCUT2D eigenvalue weighted by molar-refractivity contribution is -0.383. The van der Waals surface area contributed by atoms with Gasteiger partial charge in [-0.15, -0.1) is 0 Å². The summed E-state index contributed by atoms with van der Waals surface area (Å²) < 4.78 is 4.51. The van der Waals surface area contributed by atoms with Crippen molar-refractivity contribution in [3.05, 3.63) is 22.2 Å². The molecule has 0 unspecified atom stereocenters. The highest BCUT2D eigenvalue weighted by Gasteiger charge is 2.19. The second-order valence-electron chi connectivity index (χ2n) is 3.18. The Balaban J connectivity index is 2.58. The van der Waals surface area contributed by atoms with Crippen molar-refractivity contribution in [1.29, 1.82) is 5.26 Å². The van der Waals surface area contributed by atoms with Gasteiger partial charge in [0.15, 0.2) is 16.9 Å². The highest BCUT2D eigenvalue weighted by atomic mass is 32.2. The van der Waals surface area contributed by atoms with Gasteiger partial charge in [-0.25, -0.2) is 9.62 Å². The Morgan fingerprint density at radius 1 is 1.58 bits per heavy atom. The zero-order valence-electron chi connectivity index (χ0n) is 9.52. The second-order valence-corrected chi connectivity index (χ2v) is 3.98. The number of thioether (sulfide) groups is 1. The Hall–Kier alpha value is -2.67. The fourth-order valence-electron chi connectivity index (χ4n) is 1.36. The summed E-state index contributed by atoms with van der Waals surface area (Å²) in [4.78, 5) is 14.4. The fourth-order valence-corrected chi connectivity index (χ4v) is 1.70. The lowest BCUT2D eigenvalue weighted by atomic mass is 10.2. The van der Waals surface area contributed by atoms with Crippen LogP contribution in [-0.2, 0) is 0 Å². The van der Waals surface area contributed by atoms with E-state index in [0.717, 1.165) is 0 Å². The number of hydrogen-bond donors (Lipinski definition) is 1. The normalized spacial score (nSPS) is 11.3. The Labute approximate surface area is 110 Å². The molecule has 0 aliphatic heterocycles. The number of amidine groups is 1. The van der Waals surface area contributed by atoms with Gasteiger partial charge in [0, 0.05) is 6.07 Å². The van der Waals surface area contributed by atoms with Crippen molar-refractivity contribution in [3.63, 3.8) is 0 Å². The van der Waals surface area contributed by atoms with Crippen molar-refractivity contribution in [2.45, 2.75) is 0 Å². The van der Waals surface area contributed by atoms with E-state index in [4.69, 9.17) is 5.26 Å². The average molecular weight is 278 g/mol. The second kappa shape index (κ2) is 5.32. The summed E-state index contributed by atoms with van der Waals surface area (Å²) >= 11 is 1.21. The molecule has 0 aliphatic rings. The molecule has 1 aromatic heterocycles. The molecule has 9 nitrogen and oxygen atoms in total. The Bertz CT molecular complexity index is 704. The Morgan fingerprint density at radius 2 is 2.32 bits per heavy atom. The zero-order chi connectivity index (χ0) is 13.8. The number of nitrogens with zero attached hydrogens (tertiary/aromatic N) is 5. The van der Waals surface area contributed by atoms with Gasteiger partial charge in [-0.05, 0) is 22.6 Å². The maximum absolute atomic E-state index is 10.8. The maximum atomic E-state index is 10.8. The molecule has 96 valence electrons. The number of fused-ring (bicyclic) bond motifs is 1. The molecule has 1 heterocycles. The molecule has 0 saturated carbocycles. The summed E-state index contributed by atoms with van der Waals surface area (Å²) in [6, 6.07) is 2.68. The maximum Gasteiger partial charge on any atom is 0.300 e. The van der Waals surface area contributed by atoms with E-state index < -0.39 is 4.92 Å². The van der Waals surface area contributed by atoms with Crippen molar-refractivity contribution in [2.24, 2.45) is 4.99 Å². The predicted octanol–water partition coefficient (Wildman–Crippen LogP) is 1.55. The summed E-state index contributed by atoms with van der Waals surface area (Å²) in [5.74, 6) is 0. The number of nitro benzene ring substituents is 1. The van der Waals surface area contributed by atoms with Gasteiger partial charge >= 0.3 is 5.69 Å². The largest absolute Gasteiger partial charge is 0.300 e. The highest BCUT2D eigenvalue weighted by molar-refractivity contribution is 8.13. The first-order valence-corrected chi connectivity index (χ1v) is 6.07. The average Bonchev–Trinajstić information content (AvgIpc) is 2.87. The van der Waals surface area contributed by atoms with Crippen LogP contribution in [0.3, 0.4) is 0 Å². The van der Waals surface area contributed by atoms with Crippen molar-refractivity contribution >= 4 is 39.3 Å². The summed E-state index contributed by atoms with van der Waals surface area (Å²) in [5.41, 5.74) is 0.298. The minimum absolute atomic E-state index is 0.0173. The molecule has 0 bridgehead atoms. The first-order chi connectivity index (χ1) is 9.17. The van der Waals surface area contributed by atoms with Crippen molar-refractivity contribution in [3.8, 4) is 6.19 Å². The number of nitriles is 1. The standard InChI is InChI=1S/C9H6N6O3S/c1-19-9(11-4-10)12-5-2-3-6(15(16)17)8-7(5)13-18-14-8/h2-3H,1H3,(H,11,12). The van der Waals surface area contributed by atoms with Gasteiger partial charge in [0.1, 0.15) is 0 Å². The molecule has 10 heteroatoms. The third-order valence-electron chi connectivity index (χ3n) is 2.15. The van der Waals surface area contributed by atoms with Crippen molar-refractivity contribution < 1.29 is 9.55 Å². The molecule has 0 aliphatic carbocycles. The summed E-state index contributed by atoms with van der Waals surface area (Å²) in [7, 11) is 0. The van der Waals surface area contributed by atoms with Crippen LogP contribution in [-0.4, -0.2) is 26.7 Å². The number of non-ortho nitro benzene ring substituents is 1. The summed E-state index contributed by atoms with van der Waals surface area (Å²) in [5, 5.41) is 29.1. The molecule has 0 saturated heterocycles. The van der Waals surface area contributed by atoms with Gasteiger partial charge in [-0.1, -0.05) is 11.8 Å². The molecule has 0 amide bonds. The predicted molar refractivity (Wildman–Crippen MR) is 67.8 cm³/mol. The van der Waals surface area contributed by atoms with E-state index in [0.29, 0.717) is 10.9 Å². The van der Waals surface area contributed by atoms with Gasteiger partial charge in [-0.3, -0.25) is 15.4 Å². The van der Waals surface area contributed by atoms with Crippen molar-refractivity contribution in [1.82, 2.24) is 15.6 Å². The van der Waals surface area contributed by atoms with Crippen LogP contribution in [0.25, 0.3) is 11.0 Å². The Kier molecular flexibility index (Phi) is 3.58. The van der Waals surface area contributed by atoms with Crippen LogP contribution in [0.4, 0.5) is 11.4 Å². The monoisotopic (exact) mass is 278 g/mol. The summed E-state index contributed by atoms with van der Waals surface area (Å²) in [6.07, 6.45) is 3.47. The zero-order valence-corrected chi connectivity index (χ0v) is 10.3. The minimum Gasteiger partial charge on any atom is -0.271 e. The van der Waals surface area contributed by atoms with Gasteiger partial charge in [-0.2, -0.15) is 5.26 Å². The number of aliphatic imine (C=N–C) groups is 1. The van der Waals surface area contributed by atoms with E-state index in [9.17, 15) is 10.1 Å². The molecule has 19 heavy (non-hydrogen) atoms. The van der Waals surface area contributed by atoms with E-state index in [-0.39, 0.29) is 16.7 Å². The van der Waals surface area contributed by atoms with Gasteiger partial charge in [0.05, 0.1) is 10.6 Å². The number of nitrogens with one attached hydrogen (secondary N) is 1. The highest BCUT2D eigenvalue weighted by Crippen LogP contribution is 2.30. The molecule has 1 aromatic carbocycles. The molecule has 0 fully saturated rings. The van der Waals surface area contributed by atoms with Crippen LogP contribution in [0, 0.1) is 21.6 Å². The fraction of sp³-hybridized carbons (Fsp3) is 0.111. The smallest absolute Gasteiger partial charge is 0.271 e. The van der Waals surface area contributed by atoms with Gasteiger partial charge in [0.25, 0.3) is 0 Å². The molecule has 0 spiro atoms. The first kappa shape index (κ1) is 12.8. The molecule has 2 aromatic rings. The van der Waals surface area contributed by atoms with Crippen LogP contribution >= 0.6 is 11.8 Å². The third-order valence-corrected chi connectivity index (χ3v) is 2.73. The number of rotatable bonds is 2. The molecular weight excluding hydrogens is 272 g/mol. The minimum atomic E-state index is -0.580. The molecule has 1 N–H and O–H groups in total. The quantitative estimate of drug-likeness (QED) is 0.218. The molecular formula is C9H6N6O3S. The number of aromatic nitrogens is 2. The van der Waals surface area contributed by atoms with Crippen LogP contribution < -0.4 is 5.32 Å². The molecule has 0 atom stereocenters. The number of nitro groups is 1. The SMILES string of the molecule is CSC(=Nc1ccc([N+](=O)[O-])c2nonc12)NC#N. The molecule has 0 radical (unpaired) electrons. The topological polar surface area (TPSA) is 130 Å². The lowest BCUT2D eigenvalue weighted by Crippen LogP contribution is -2.12. The van der Waals surface area contributed by atoms with Gasteiger partial charge < -0.3 is 0 Å².